The van der Waals surface area contributed by atoms with Crippen molar-refractivity contribution in [3.8, 4) is 0 Å². The maximum absolute atomic E-state index is 6.05. The summed E-state index contributed by atoms with van der Waals surface area (Å²) in [6, 6.07) is 10.0. The normalized spacial score (nSPS) is 11.0. The molecule has 22 heavy (non-hydrogen) atoms. The number of halogens is 2. The Hall–Kier alpha value is -0.520. The highest BCUT2D eigenvalue weighted by Gasteiger charge is 2.06. The van der Waals surface area contributed by atoms with Gasteiger partial charge in [0.05, 0.1) is 20.7 Å². The van der Waals surface area contributed by atoms with Crippen molar-refractivity contribution >= 4 is 57.6 Å². The van der Waals surface area contributed by atoms with E-state index in [0.717, 1.165) is 34.2 Å². The fourth-order valence-corrected chi connectivity index (χ4v) is 4.99. The van der Waals surface area contributed by atoms with Crippen LogP contribution in [0.2, 0.25) is 10.0 Å². The molecule has 0 N–H and O–H groups in total. The fourth-order valence-electron chi connectivity index (χ4n) is 1.97. The first-order valence-corrected chi connectivity index (χ1v) is 10.3. The molecule has 0 fully saturated rings. The van der Waals surface area contributed by atoms with Crippen molar-refractivity contribution < 1.29 is 0 Å². The van der Waals surface area contributed by atoms with Gasteiger partial charge in [-0.15, -0.1) is 34.4 Å². The number of hydrogen-bond acceptors (Lipinski definition) is 4. The molecule has 3 rings (SSSR count). The predicted octanol–water partition coefficient (Wildman–Crippen LogP) is 6.54. The second-order valence-electron chi connectivity index (χ2n) is 4.73. The number of thiazole rings is 1. The van der Waals surface area contributed by atoms with Crippen molar-refractivity contribution in [3.05, 3.63) is 72.3 Å². The lowest BCUT2D eigenvalue weighted by molar-refractivity contribution is 1.09. The maximum atomic E-state index is 6.05. The van der Waals surface area contributed by atoms with Crippen molar-refractivity contribution in [1.82, 2.24) is 4.98 Å². The van der Waals surface area contributed by atoms with Crippen molar-refractivity contribution in [2.24, 2.45) is 0 Å². The van der Waals surface area contributed by atoms with Gasteiger partial charge in [0.25, 0.3) is 0 Å². The van der Waals surface area contributed by atoms with Gasteiger partial charge in [0.2, 0.25) is 0 Å². The Bertz CT molecular complexity index is 738. The number of thioether (sulfide) groups is 1. The van der Waals surface area contributed by atoms with E-state index < -0.39 is 0 Å². The number of rotatable bonds is 6. The van der Waals surface area contributed by atoms with Crippen LogP contribution in [0.1, 0.15) is 21.1 Å². The van der Waals surface area contributed by atoms with Gasteiger partial charge in [0.1, 0.15) is 0 Å². The van der Waals surface area contributed by atoms with E-state index in [1.54, 1.807) is 22.7 Å². The van der Waals surface area contributed by atoms with Crippen LogP contribution in [0.25, 0.3) is 0 Å². The van der Waals surface area contributed by atoms with Crippen molar-refractivity contribution in [1.29, 1.82) is 0 Å². The molecule has 0 aliphatic carbocycles. The van der Waals surface area contributed by atoms with E-state index in [1.807, 2.05) is 30.0 Å². The van der Waals surface area contributed by atoms with Gasteiger partial charge < -0.3 is 0 Å². The molecule has 0 aliphatic heterocycles. The van der Waals surface area contributed by atoms with Gasteiger partial charge >= 0.3 is 0 Å². The Labute approximate surface area is 152 Å². The Balaban J connectivity index is 1.55. The lowest BCUT2D eigenvalue weighted by Crippen LogP contribution is -1.89. The molecule has 3 aromatic rings. The largest absolute Gasteiger partial charge is 0.245 e. The Morgan fingerprint density at radius 3 is 2.73 bits per heavy atom. The van der Waals surface area contributed by atoms with Crippen LogP contribution >= 0.6 is 57.6 Å². The lowest BCUT2D eigenvalue weighted by atomic mass is 10.2. The van der Waals surface area contributed by atoms with Crippen LogP contribution in [0, 0.1) is 0 Å². The third-order valence-corrected chi connectivity index (χ3v) is 6.72. The molecular weight excluding hydrogens is 373 g/mol. The number of hydrogen-bond donors (Lipinski definition) is 0. The molecule has 0 saturated heterocycles. The molecule has 0 saturated carbocycles. The van der Waals surface area contributed by atoms with E-state index in [9.17, 15) is 0 Å². The molecule has 1 nitrogen and oxygen atoms in total. The lowest BCUT2D eigenvalue weighted by Gasteiger charge is -2.01. The van der Waals surface area contributed by atoms with Crippen molar-refractivity contribution in [2.75, 3.05) is 0 Å². The molecule has 2 aromatic heterocycles. The fraction of sp³-hybridized carbons (Fsp3) is 0.188. The van der Waals surface area contributed by atoms with Crippen LogP contribution in [-0.2, 0) is 17.9 Å². The molecule has 114 valence electrons. The van der Waals surface area contributed by atoms with Crippen LogP contribution in [0.15, 0.2) is 41.1 Å². The molecular formula is C16H13Cl2NS3. The number of thiophene rings is 1. The topological polar surface area (TPSA) is 12.9 Å². The summed E-state index contributed by atoms with van der Waals surface area (Å²) < 4.78 is 0. The SMILES string of the molecule is Clc1ccc(Cc2nc(CSCc3cccs3)cs2)cc1Cl. The summed E-state index contributed by atoms with van der Waals surface area (Å²) >= 11 is 17.4. The second-order valence-corrected chi connectivity index (χ2v) is 8.50. The standard InChI is InChI=1S/C16H13Cl2NS3/c17-14-4-3-11(6-15(14)18)7-16-19-12(9-22-16)8-20-10-13-2-1-5-21-13/h1-6,9H,7-8,10H2. The van der Waals surface area contributed by atoms with Gasteiger partial charge in [-0.2, -0.15) is 0 Å². The van der Waals surface area contributed by atoms with Crippen LogP contribution in [0.4, 0.5) is 0 Å². The molecule has 0 bridgehead atoms. The number of benzene rings is 1. The highest BCUT2D eigenvalue weighted by Crippen LogP contribution is 2.26. The van der Waals surface area contributed by atoms with Crippen molar-refractivity contribution in [2.45, 2.75) is 17.9 Å². The van der Waals surface area contributed by atoms with E-state index in [1.165, 1.54) is 4.88 Å². The van der Waals surface area contributed by atoms with Crippen LogP contribution in [0.5, 0.6) is 0 Å². The number of nitrogens with zero attached hydrogens (tertiary/aromatic N) is 1. The van der Waals surface area contributed by atoms with Gasteiger partial charge in [-0.05, 0) is 29.1 Å². The smallest absolute Gasteiger partial charge is 0.0972 e. The molecule has 1 aromatic carbocycles. The second kappa shape index (κ2) is 7.84. The summed E-state index contributed by atoms with van der Waals surface area (Å²) in [5.41, 5.74) is 2.29. The zero-order chi connectivity index (χ0) is 15.4. The van der Waals surface area contributed by atoms with Gasteiger partial charge in [-0.1, -0.05) is 35.3 Å². The summed E-state index contributed by atoms with van der Waals surface area (Å²) in [7, 11) is 0. The van der Waals surface area contributed by atoms with E-state index in [2.05, 4.69) is 22.9 Å². The monoisotopic (exact) mass is 385 g/mol. The van der Waals surface area contributed by atoms with Gasteiger partial charge in [-0.3, -0.25) is 0 Å². The highest BCUT2D eigenvalue weighted by molar-refractivity contribution is 7.97. The first kappa shape index (κ1) is 16.3. The average Bonchev–Trinajstić information content (AvgIpc) is 3.15. The molecule has 0 unspecified atom stereocenters. The van der Waals surface area contributed by atoms with E-state index in [0.29, 0.717) is 10.0 Å². The average molecular weight is 386 g/mol. The predicted molar refractivity (Wildman–Crippen MR) is 101 cm³/mol. The minimum absolute atomic E-state index is 0.593. The Kier molecular flexibility index (Phi) is 5.83. The van der Waals surface area contributed by atoms with E-state index in [4.69, 9.17) is 28.2 Å². The molecule has 2 heterocycles. The van der Waals surface area contributed by atoms with Gasteiger partial charge in [-0.25, -0.2) is 4.98 Å². The molecule has 0 radical (unpaired) electrons. The van der Waals surface area contributed by atoms with Crippen molar-refractivity contribution in [3.63, 3.8) is 0 Å². The maximum Gasteiger partial charge on any atom is 0.0972 e. The quantitative estimate of drug-likeness (QED) is 0.477. The summed E-state index contributed by atoms with van der Waals surface area (Å²) in [6.07, 6.45) is 0.803. The third-order valence-electron chi connectivity index (χ3n) is 3.01. The minimum atomic E-state index is 0.593. The van der Waals surface area contributed by atoms with E-state index >= 15 is 0 Å². The summed E-state index contributed by atoms with van der Waals surface area (Å²) in [4.78, 5) is 6.11. The summed E-state index contributed by atoms with van der Waals surface area (Å²) in [5.74, 6) is 2.01. The summed E-state index contributed by atoms with van der Waals surface area (Å²) in [5, 5.41) is 6.57. The molecule has 6 heteroatoms. The van der Waals surface area contributed by atoms with Gasteiger partial charge in [0.15, 0.2) is 0 Å². The molecule has 0 atom stereocenters. The van der Waals surface area contributed by atoms with Crippen LogP contribution in [-0.4, -0.2) is 4.98 Å². The van der Waals surface area contributed by atoms with Crippen LogP contribution in [0.3, 0.4) is 0 Å². The van der Waals surface area contributed by atoms with E-state index in [-0.39, 0.29) is 0 Å². The Morgan fingerprint density at radius 2 is 1.95 bits per heavy atom. The summed E-state index contributed by atoms with van der Waals surface area (Å²) in [6.45, 7) is 0. The van der Waals surface area contributed by atoms with Crippen LogP contribution < -0.4 is 0 Å². The first-order chi connectivity index (χ1) is 10.7. The third kappa shape index (κ3) is 4.49. The molecule has 0 spiro atoms. The number of aromatic nitrogens is 1. The van der Waals surface area contributed by atoms with Gasteiger partial charge in [0, 0.05) is 28.2 Å². The minimum Gasteiger partial charge on any atom is -0.245 e. The zero-order valence-corrected chi connectivity index (χ0v) is 15.6. The Morgan fingerprint density at radius 1 is 1.05 bits per heavy atom. The zero-order valence-electron chi connectivity index (χ0n) is 11.6. The highest BCUT2D eigenvalue weighted by atomic mass is 35.5. The first-order valence-electron chi connectivity index (χ1n) is 6.68. The molecule has 0 amide bonds. The molecule has 0 aliphatic rings.